The fraction of sp³-hybridized carbons (Fsp3) is 0.444. The van der Waals surface area contributed by atoms with Crippen LogP contribution in [0.25, 0.3) is 11.0 Å². The van der Waals surface area contributed by atoms with Gasteiger partial charge in [-0.3, -0.25) is 4.79 Å². The van der Waals surface area contributed by atoms with Crippen molar-refractivity contribution in [3.8, 4) is 0 Å². The van der Waals surface area contributed by atoms with Gasteiger partial charge in [0, 0.05) is 6.04 Å². The lowest BCUT2D eigenvalue weighted by atomic mass is 10.2. The van der Waals surface area contributed by atoms with Crippen LogP contribution in [0, 0.1) is 13.8 Å². The van der Waals surface area contributed by atoms with E-state index in [4.69, 9.17) is 4.74 Å². The Morgan fingerprint density at radius 1 is 1.19 bits per heavy atom. The van der Waals surface area contributed by atoms with Crippen LogP contribution in [-0.4, -0.2) is 53.9 Å². The van der Waals surface area contributed by atoms with Crippen molar-refractivity contribution in [1.82, 2.24) is 15.3 Å². The van der Waals surface area contributed by atoms with Gasteiger partial charge in [0.05, 0.1) is 39.5 Å². The molecule has 0 saturated carbocycles. The third-order valence-corrected chi connectivity index (χ3v) is 6.31. The second kappa shape index (κ2) is 7.22. The van der Waals surface area contributed by atoms with Crippen molar-refractivity contribution in [3.05, 3.63) is 35.2 Å². The van der Waals surface area contributed by atoms with E-state index in [0.29, 0.717) is 17.5 Å². The number of ether oxygens (including phenoxy) is 1. The summed E-state index contributed by atoms with van der Waals surface area (Å²) >= 11 is 0. The first kappa shape index (κ1) is 19.2. The molecule has 0 aliphatic carbocycles. The fourth-order valence-corrected chi connectivity index (χ4v) is 4.54. The van der Waals surface area contributed by atoms with E-state index in [1.807, 2.05) is 13.8 Å². The highest BCUT2D eigenvalue weighted by atomic mass is 32.2. The number of amides is 1. The summed E-state index contributed by atoms with van der Waals surface area (Å²) < 4.78 is 28.1. The van der Waals surface area contributed by atoms with Crippen LogP contribution in [-0.2, 0) is 19.4 Å². The molecule has 1 aliphatic rings. The number of benzene rings is 1. The van der Waals surface area contributed by atoms with Gasteiger partial charge in [-0.1, -0.05) is 0 Å². The molecule has 144 valence electrons. The van der Waals surface area contributed by atoms with Gasteiger partial charge in [-0.25, -0.2) is 23.2 Å². The Morgan fingerprint density at radius 2 is 1.85 bits per heavy atom. The zero-order chi connectivity index (χ0) is 19.8. The maximum atomic E-state index is 12.3. The van der Waals surface area contributed by atoms with Crippen LogP contribution in [0.2, 0.25) is 0 Å². The summed E-state index contributed by atoms with van der Waals surface area (Å²) in [4.78, 5) is 33.3. The second-order valence-electron chi connectivity index (χ2n) is 6.75. The molecule has 1 aliphatic heterocycles. The molecule has 1 fully saturated rings. The lowest BCUT2D eigenvalue weighted by Crippen LogP contribution is -2.42. The molecule has 0 bridgehead atoms. The number of nitrogens with one attached hydrogen (secondary N) is 1. The molecule has 3 rings (SSSR count). The zero-order valence-electron chi connectivity index (χ0n) is 15.4. The van der Waals surface area contributed by atoms with Crippen molar-refractivity contribution in [2.45, 2.75) is 39.3 Å². The lowest BCUT2D eigenvalue weighted by molar-refractivity contribution is -0.129. The van der Waals surface area contributed by atoms with Crippen molar-refractivity contribution < 1.29 is 22.7 Å². The molecule has 8 nitrogen and oxygen atoms in total. The maximum Gasteiger partial charge on any atom is 0.338 e. The SMILES string of the molecule is Cc1nc2ccc(C(=O)O[C@H](C)C(=O)N[C@H]3CCS(=O)(=O)C3)cc2nc1C. The molecule has 1 saturated heterocycles. The highest BCUT2D eigenvalue weighted by Gasteiger charge is 2.30. The molecule has 2 heterocycles. The third kappa shape index (κ3) is 4.41. The van der Waals surface area contributed by atoms with Crippen LogP contribution >= 0.6 is 0 Å². The molecule has 1 amide bonds. The van der Waals surface area contributed by atoms with Crippen molar-refractivity contribution in [1.29, 1.82) is 0 Å². The van der Waals surface area contributed by atoms with Crippen molar-refractivity contribution in [2.75, 3.05) is 11.5 Å². The number of esters is 1. The monoisotopic (exact) mass is 391 g/mol. The van der Waals surface area contributed by atoms with Gasteiger partial charge < -0.3 is 10.1 Å². The minimum atomic E-state index is -3.10. The van der Waals surface area contributed by atoms with E-state index >= 15 is 0 Å². The number of sulfone groups is 1. The Kier molecular flexibility index (Phi) is 5.14. The summed E-state index contributed by atoms with van der Waals surface area (Å²) in [5.74, 6) is -1.19. The molecule has 2 atom stereocenters. The van der Waals surface area contributed by atoms with Gasteiger partial charge >= 0.3 is 5.97 Å². The Hall–Kier alpha value is -2.55. The summed E-state index contributed by atoms with van der Waals surface area (Å²) in [7, 11) is -3.10. The minimum absolute atomic E-state index is 0.0587. The fourth-order valence-electron chi connectivity index (χ4n) is 2.87. The first-order chi connectivity index (χ1) is 12.6. The predicted octanol–water partition coefficient (Wildman–Crippen LogP) is 1.10. The van der Waals surface area contributed by atoms with E-state index in [1.54, 1.807) is 18.2 Å². The highest BCUT2D eigenvalue weighted by molar-refractivity contribution is 7.91. The van der Waals surface area contributed by atoms with Crippen molar-refractivity contribution in [2.24, 2.45) is 0 Å². The van der Waals surface area contributed by atoms with Gasteiger partial charge in [-0.2, -0.15) is 0 Å². The molecule has 0 unspecified atom stereocenters. The molecule has 2 aromatic rings. The maximum absolute atomic E-state index is 12.3. The first-order valence-electron chi connectivity index (χ1n) is 8.61. The smallest absolute Gasteiger partial charge is 0.338 e. The van der Waals surface area contributed by atoms with Crippen LogP contribution in [0.3, 0.4) is 0 Å². The van der Waals surface area contributed by atoms with Gasteiger partial charge in [0.2, 0.25) is 0 Å². The van der Waals surface area contributed by atoms with E-state index in [9.17, 15) is 18.0 Å². The quantitative estimate of drug-likeness (QED) is 0.776. The summed E-state index contributed by atoms with van der Waals surface area (Å²) in [5, 5.41) is 2.62. The standard InChI is InChI=1S/C18H21N3O5S/c1-10-11(2)20-16-8-13(4-5-15(16)19-10)18(23)26-12(3)17(22)21-14-6-7-27(24,25)9-14/h4-5,8,12,14H,6-7,9H2,1-3H3,(H,21,22)/t12-,14+/m1/s1. The number of nitrogens with zero attached hydrogens (tertiary/aromatic N) is 2. The lowest BCUT2D eigenvalue weighted by Gasteiger charge is -2.16. The predicted molar refractivity (Wildman–Crippen MR) is 99.1 cm³/mol. The third-order valence-electron chi connectivity index (χ3n) is 4.54. The Balaban J connectivity index is 1.66. The molecule has 0 radical (unpaired) electrons. The van der Waals surface area contributed by atoms with Crippen molar-refractivity contribution >= 4 is 32.7 Å². The van der Waals surface area contributed by atoms with Crippen LogP contribution in [0.4, 0.5) is 0 Å². The molecule has 1 aromatic heterocycles. The molecule has 1 N–H and O–H groups in total. The van der Waals surface area contributed by atoms with Crippen LogP contribution in [0.5, 0.6) is 0 Å². The molecule has 27 heavy (non-hydrogen) atoms. The Bertz CT molecular complexity index is 1020. The molecule has 9 heteroatoms. The van der Waals surface area contributed by atoms with E-state index in [0.717, 1.165) is 11.4 Å². The average molecular weight is 391 g/mol. The van der Waals surface area contributed by atoms with Crippen LogP contribution in [0.1, 0.15) is 35.1 Å². The Morgan fingerprint density at radius 3 is 2.48 bits per heavy atom. The molecule has 0 spiro atoms. The minimum Gasteiger partial charge on any atom is -0.449 e. The summed E-state index contributed by atoms with van der Waals surface area (Å²) in [6, 6.07) is 4.39. The van der Waals surface area contributed by atoms with Crippen molar-refractivity contribution in [3.63, 3.8) is 0 Å². The van der Waals surface area contributed by atoms with Gasteiger partial charge in [-0.15, -0.1) is 0 Å². The topological polar surface area (TPSA) is 115 Å². The number of aryl methyl sites for hydroxylation is 2. The number of rotatable bonds is 4. The zero-order valence-corrected chi connectivity index (χ0v) is 16.2. The average Bonchev–Trinajstić information content (AvgIpc) is 2.93. The van der Waals surface area contributed by atoms with E-state index in [2.05, 4.69) is 15.3 Å². The highest BCUT2D eigenvalue weighted by Crippen LogP contribution is 2.16. The van der Waals surface area contributed by atoms with Gasteiger partial charge in [-0.05, 0) is 45.4 Å². The van der Waals surface area contributed by atoms with Crippen LogP contribution < -0.4 is 5.32 Å². The van der Waals surface area contributed by atoms with Crippen LogP contribution in [0.15, 0.2) is 18.2 Å². The van der Waals surface area contributed by atoms with Gasteiger partial charge in [0.1, 0.15) is 0 Å². The van der Waals surface area contributed by atoms with E-state index in [-0.39, 0.29) is 17.1 Å². The van der Waals surface area contributed by atoms with Gasteiger partial charge in [0.15, 0.2) is 15.9 Å². The normalized spacial score (nSPS) is 19.6. The largest absolute Gasteiger partial charge is 0.449 e. The Labute approximate surface area is 157 Å². The molecular weight excluding hydrogens is 370 g/mol. The number of hydrogen-bond acceptors (Lipinski definition) is 7. The number of carbonyl (C=O) groups is 2. The summed E-state index contributed by atoms with van der Waals surface area (Å²) in [5.41, 5.74) is 3.09. The first-order valence-corrected chi connectivity index (χ1v) is 10.4. The number of carbonyl (C=O) groups excluding carboxylic acids is 2. The summed E-state index contributed by atoms with van der Waals surface area (Å²) in [6.07, 6.45) is -0.668. The number of hydrogen-bond donors (Lipinski definition) is 1. The summed E-state index contributed by atoms with van der Waals surface area (Å²) in [6.45, 7) is 5.15. The molecule has 1 aromatic carbocycles. The van der Waals surface area contributed by atoms with E-state index in [1.165, 1.54) is 6.92 Å². The second-order valence-corrected chi connectivity index (χ2v) is 8.98. The number of aromatic nitrogens is 2. The molecular formula is C18H21N3O5S. The van der Waals surface area contributed by atoms with Gasteiger partial charge in [0.25, 0.3) is 5.91 Å². The number of fused-ring (bicyclic) bond motifs is 1. The van der Waals surface area contributed by atoms with E-state index < -0.39 is 33.9 Å².